The Morgan fingerprint density at radius 3 is 1.91 bits per heavy atom. The lowest BCUT2D eigenvalue weighted by Crippen LogP contribution is -2.34. The maximum Gasteiger partial charge on any atom is 0.316 e. The first-order valence-electron chi connectivity index (χ1n) is 7.31. The van der Waals surface area contributed by atoms with Crippen LogP contribution in [0.3, 0.4) is 0 Å². The summed E-state index contributed by atoms with van der Waals surface area (Å²) in [5, 5.41) is 9.18. The molecule has 0 spiro atoms. The molecule has 0 bridgehead atoms. The number of benzene rings is 2. The third-order valence-corrected chi connectivity index (χ3v) is 4.08. The molecule has 4 nitrogen and oxygen atoms in total. The molecule has 0 saturated carbocycles. The van der Waals surface area contributed by atoms with Crippen molar-refractivity contribution < 1.29 is 14.7 Å². The fourth-order valence-electron chi connectivity index (χ4n) is 3.01. The number of carboxylic acid groups (broad SMARTS) is 1. The van der Waals surface area contributed by atoms with Crippen LogP contribution in [0.5, 0.6) is 0 Å². The predicted octanol–water partition coefficient (Wildman–Crippen LogP) is 2.71. The predicted molar refractivity (Wildman–Crippen MR) is 82.2 cm³/mol. The zero-order chi connectivity index (χ0) is 15.5. The number of carbonyl (C=O) groups excluding carboxylic acids is 1. The second-order valence-electron chi connectivity index (χ2n) is 5.44. The molecule has 1 amide bonds. The van der Waals surface area contributed by atoms with Gasteiger partial charge < -0.3 is 10.0 Å². The van der Waals surface area contributed by atoms with Gasteiger partial charge in [0.05, 0.1) is 6.04 Å². The van der Waals surface area contributed by atoms with Gasteiger partial charge in [-0.25, -0.2) is 0 Å². The molecule has 22 heavy (non-hydrogen) atoms. The fraction of sp³-hybridized carbons (Fsp3) is 0.222. The maximum absolute atomic E-state index is 12.5. The maximum atomic E-state index is 12.5. The van der Waals surface area contributed by atoms with E-state index in [0.29, 0.717) is 13.0 Å². The molecule has 0 unspecified atom stereocenters. The monoisotopic (exact) mass is 295 g/mol. The first-order valence-corrected chi connectivity index (χ1v) is 7.31. The number of nitrogens with zero attached hydrogens (tertiary/aromatic N) is 1. The Morgan fingerprint density at radius 2 is 1.50 bits per heavy atom. The van der Waals surface area contributed by atoms with E-state index in [1.165, 1.54) is 0 Å². The lowest BCUT2D eigenvalue weighted by atomic mass is 9.97. The molecular weight excluding hydrogens is 278 g/mol. The van der Waals surface area contributed by atoms with E-state index in [1.54, 1.807) is 4.90 Å². The van der Waals surface area contributed by atoms with Gasteiger partial charge in [0, 0.05) is 6.54 Å². The summed E-state index contributed by atoms with van der Waals surface area (Å²) in [6, 6.07) is 19.2. The van der Waals surface area contributed by atoms with E-state index in [2.05, 4.69) is 0 Å². The van der Waals surface area contributed by atoms with Crippen LogP contribution in [0.15, 0.2) is 60.7 Å². The highest BCUT2D eigenvalue weighted by Gasteiger charge is 2.40. The van der Waals surface area contributed by atoms with Gasteiger partial charge in [0.2, 0.25) is 5.91 Å². The standard InChI is InChI=1S/C18H17NO3/c20-17-15(18(21)22)11-12-19(17)16(13-7-3-1-4-8-13)14-9-5-2-6-10-14/h1-10,15-16H,11-12H2,(H,21,22)/t15-/m0/s1. The molecule has 2 aromatic rings. The molecule has 1 aliphatic rings. The van der Waals surface area contributed by atoms with E-state index in [9.17, 15) is 14.7 Å². The average molecular weight is 295 g/mol. The summed E-state index contributed by atoms with van der Waals surface area (Å²) in [5.41, 5.74) is 1.99. The van der Waals surface area contributed by atoms with Crippen LogP contribution in [0, 0.1) is 5.92 Å². The topological polar surface area (TPSA) is 57.6 Å². The molecule has 0 aliphatic carbocycles. The van der Waals surface area contributed by atoms with Crippen LogP contribution in [0.25, 0.3) is 0 Å². The van der Waals surface area contributed by atoms with Crippen molar-refractivity contribution in [3.05, 3.63) is 71.8 Å². The molecule has 2 aromatic carbocycles. The first-order chi connectivity index (χ1) is 10.7. The van der Waals surface area contributed by atoms with Gasteiger partial charge in [-0.3, -0.25) is 9.59 Å². The minimum absolute atomic E-state index is 0.237. The number of carboxylic acids is 1. The summed E-state index contributed by atoms with van der Waals surface area (Å²) in [4.78, 5) is 25.4. The summed E-state index contributed by atoms with van der Waals surface area (Å²) in [6.45, 7) is 0.463. The molecule has 0 aromatic heterocycles. The van der Waals surface area contributed by atoms with Crippen molar-refractivity contribution in [1.82, 2.24) is 4.90 Å². The first kappa shape index (κ1) is 14.3. The Hall–Kier alpha value is -2.62. The number of rotatable bonds is 4. The number of hydrogen-bond acceptors (Lipinski definition) is 2. The Morgan fingerprint density at radius 1 is 1.00 bits per heavy atom. The smallest absolute Gasteiger partial charge is 0.316 e. The molecule has 0 radical (unpaired) electrons. The number of amides is 1. The largest absolute Gasteiger partial charge is 0.481 e. The summed E-state index contributed by atoms with van der Waals surface area (Å²) in [6.07, 6.45) is 0.365. The third-order valence-electron chi connectivity index (χ3n) is 4.08. The van der Waals surface area contributed by atoms with E-state index in [1.807, 2.05) is 60.7 Å². The van der Waals surface area contributed by atoms with Crippen LogP contribution >= 0.6 is 0 Å². The summed E-state index contributed by atoms with van der Waals surface area (Å²) in [5.74, 6) is -2.26. The van der Waals surface area contributed by atoms with Crippen molar-refractivity contribution in [2.45, 2.75) is 12.5 Å². The zero-order valence-corrected chi connectivity index (χ0v) is 12.1. The lowest BCUT2D eigenvalue weighted by molar-refractivity contribution is -0.148. The highest BCUT2D eigenvalue weighted by atomic mass is 16.4. The van der Waals surface area contributed by atoms with Gasteiger partial charge in [0.15, 0.2) is 0 Å². The number of aliphatic carboxylic acids is 1. The van der Waals surface area contributed by atoms with E-state index < -0.39 is 11.9 Å². The van der Waals surface area contributed by atoms with E-state index in [-0.39, 0.29) is 11.9 Å². The molecule has 1 fully saturated rings. The van der Waals surface area contributed by atoms with Crippen molar-refractivity contribution in [1.29, 1.82) is 0 Å². The van der Waals surface area contributed by atoms with Gasteiger partial charge in [-0.1, -0.05) is 60.7 Å². The molecule has 1 N–H and O–H groups in total. The highest BCUT2D eigenvalue weighted by Crippen LogP contribution is 2.33. The van der Waals surface area contributed by atoms with Crippen LogP contribution in [-0.4, -0.2) is 28.4 Å². The van der Waals surface area contributed by atoms with Crippen LogP contribution in [0.4, 0.5) is 0 Å². The molecule has 4 heteroatoms. The molecule has 1 atom stereocenters. The minimum atomic E-state index is -1.03. The quantitative estimate of drug-likeness (QED) is 0.882. The van der Waals surface area contributed by atoms with Crippen LogP contribution in [0.2, 0.25) is 0 Å². The average Bonchev–Trinajstić information content (AvgIpc) is 2.92. The third kappa shape index (κ3) is 2.60. The summed E-state index contributed by atoms with van der Waals surface area (Å²) in [7, 11) is 0. The van der Waals surface area contributed by atoms with Gasteiger partial charge in [-0.2, -0.15) is 0 Å². The van der Waals surface area contributed by atoms with Crippen LogP contribution in [-0.2, 0) is 9.59 Å². The molecular formula is C18H17NO3. The molecule has 3 rings (SSSR count). The fourth-order valence-corrected chi connectivity index (χ4v) is 3.01. The molecule has 1 aliphatic heterocycles. The van der Waals surface area contributed by atoms with E-state index >= 15 is 0 Å². The zero-order valence-electron chi connectivity index (χ0n) is 12.1. The highest BCUT2D eigenvalue weighted by molar-refractivity contribution is 5.98. The van der Waals surface area contributed by atoms with Crippen LogP contribution in [0.1, 0.15) is 23.6 Å². The van der Waals surface area contributed by atoms with E-state index in [4.69, 9.17) is 0 Å². The van der Waals surface area contributed by atoms with Crippen molar-refractivity contribution in [2.24, 2.45) is 5.92 Å². The minimum Gasteiger partial charge on any atom is -0.481 e. The number of carbonyl (C=O) groups is 2. The Bertz CT molecular complexity index is 630. The molecule has 1 heterocycles. The number of likely N-dealkylation sites (tertiary alicyclic amines) is 1. The Labute approximate surface area is 129 Å². The lowest BCUT2D eigenvalue weighted by Gasteiger charge is -2.29. The number of hydrogen-bond donors (Lipinski definition) is 1. The van der Waals surface area contributed by atoms with Crippen molar-refractivity contribution >= 4 is 11.9 Å². The van der Waals surface area contributed by atoms with Gasteiger partial charge in [-0.05, 0) is 17.5 Å². The second-order valence-corrected chi connectivity index (χ2v) is 5.44. The van der Waals surface area contributed by atoms with Gasteiger partial charge in [-0.15, -0.1) is 0 Å². The van der Waals surface area contributed by atoms with Crippen molar-refractivity contribution in [2.75, 3.05) is 6.54 Å². The summed E-state index contributed by atoms with van der Waals surface area (Å²) >= 11 is 0. The summed E-state index contributed by atoms with van der Waals surface area (Å²) < 4.78 is 0. The SMILES string of the molecule is O=C(O)[C@H]1CCN(C(c2ccccc2)c2ccccc2)C1=O. The molecule has 112 valence electrons. The van der Waals surface area contributed by atoms with E-state index in [0.717, 1.165) is 11.1 Å². The normalized spacial score (nSPS) is 18.0. The Kier molecular flexibility index (Phi) is 3.92. The Balaban J connectivity index is 2.00. The van der Waals surface area contributed by atoms with Crippen molar-refractivity contribution in [3.8, 4) is 0 Å². The van der Waals surface area contributed by atoms with Crippen molar-refractivity contribution in [3.63, 3.8) is 0 Å². The van der Waals surface area contributed by atoms with Gasteiger partial charge >= 0.3 is 5.97 Å². The second kappa shape index (κ2) is 6.02. The van der Waals surface area contributed by atoms with Crippen LogP contribution < -0.4 is 0 Å². The molecule has 1 saturated heterocycles. The van der Waals surface area contributed by atoms with Gasteiger partial charge in [0.1, 0.15) is 5.92 Å². The van der Waals surface area contributed by atoms with Gasteiger partial charge in [0.25, 0.3) is 0 Å².